The maximum Gasteiger partial charge on any atom is 0.180 e. The van der Waals surface area contributed by atoms with Gasteiger partial charge in [0.25, 0.3) is 0 Å². The molecule has 18 heavy (non-hydrogen) atoms. The third-order valence-electron chi connectivity index (χ3n) is 2.59. The number of sulfone groups is 1. The highest BCUT2D eigenvalue weighted by Gasteiger charge is 2.08. The maximum absolute atomic E-state index is 11.4. The summed E-state index contributed by atoms with van der Waals surface area (Å²) in [7, 11) is -1.17. The van der Waals surface area contributed by atoms with Crippen LogP contribution in [0.4, 0.5) is 5.69 Å². The Labute approximate surface area is 108 Å². The fourth-order valence-corrected chi connectivity index (χ4v) is 2.00. The van der Waals surface area contributed by atoms with Gasteiger partial charge in [0.15, 0.2) is 5.78 Å². The molecular weight excluding hydrogens is 252 g/mol. The summed E-state index contributed by atoms with van der Waals surface area (Å²) in [6.45, 7) is 2.19. The predicted octanol–water partition coefficient (Wildman–Crippen LogP) is 1.16. The van der Waals surface area contributed by atoms with Gasteiger partial charge in [0.05, 0.1) is 17.6 Å². The van der Waals surface area contributed by atoms with Crippen LogP contribution < -0.4 is 4.90 Å². The zero-order valence-corrected chi connectivity index (χ0v) is 11.7. The number of anilines is 1. The van der Waals surface area contributed by atoms with E-state index in [1.807, 2.05) is 0 Å². The van der Waals surface area contributed by atoms with Crippen molar-refractivity contribution in [2.75, 3.05) is 30.5 Å². The van der Waals surface area contributed by atoms with Crippen molar-refractivity contribution in [2.24, 2.45) is 0 Å². The summed E-state index contributed by atoms with van der Waals surface area (Å²) in [6, 6.07) is 3.44. The summed E-state index contributed by atoms with van der Waals surface area (Å²) < 4.78 is 22.1. The Kier molecular flexibility index (Phi) is 4.84. The summed E-state index contributed by atoms with van der Waals surface area (Å²) in [5, 5.41) is 0. The molecule has 1 aromatic rings. The molecule has 6 heteroatoms. The average molecular weight is 270 g/mol. The molecule has 0 aliphatic rings. The molecule has 1 rings (SSSR count). The first-order valence-electron chi connectivity index (χ1n) is 5.71. The minimum absolute atomic E-state index is 0.000314. The molecule has 100 valence electrons. The third kappa shape index (κ3) is 4.44. The lowest BCUT2D eigenvalue weighted by atomic mass is 10.2. The fourth-order valence-electron chi connectivity index (χ4n) is 1.39. The van der Waals surface area contributed by atoms with Gasteiger partial charge in [-0.2, -0.15) is 0 Å². The summed E-state index contributed by atoms with van der Waals surface area (Å²) in [6.07, 6.45) is 3.23. The van der Waals surface area contributed by atoms with Crippen molar-refractivity contribution in [3.05, 3.63) is 24.0 Å². The van der Waals surface area contributed by atoms with Gasteiger partial charge in [-0.25, -0.2) is 8.42 Å². The summed E-state index contributed by atoms with van der Waals surface area (Å²) >= 11 is 0. The Morgan fingerprint density at radius 3 is 2.50 bits per heavy atom. The topological polar surface area (TPSA) is 67.3 Å². The van der Waals surface area contributed by atoms with E-state index >= 15 is 0 Å². The van der Waals surface area contributed by atoms with Gasteiger partial charge in [-0.3, -0.25) is 9.78 Å². The van der Waals surface area contributed by atoms with E-state index in [4.69, 9.17) is 0 Å². The van der Waals surface area contributed by atoms with E-state index in [0.717, 1.165) is 5.69 Å². The Hall–Kier alpha value is -1.43. The number of nitrogens with zero attached hydrogens (tertiary/aromatic N) is 2. The Morgan fingerprint density at radius 1 is 1.39 bits per heavy atom. The summed E-state index contributed by atoms with van der Waals surface area (Å²) in [5.41, 5.74) is 1.24. The van der Waals surface area contributed by atoms with E-state index in [-0.39, 0.29) is 11.5 Å². The number of carbonyl (C=O) groups is 1. The van der Waals surface area contributed by atoms with Gasteiger partial charge in [0.1, 0.15) is 15.5 Å². The molecule has 0 aliphatic carbocycles. The van der Waals surface area contributed by atoms with Crippen LogP contribution in [0, 0.1) is 0 Å². The van der Waals surface area contributed by atoms with Crippen molar-refractivity contribution >= 4 is 21.3 Å². The quantitative estimate of drug-likeness (QED) is 0.725. The van der Waals surface area contributed by atoms with E-state index in [0.29, 0.717) is 18.7 Å². The molecule has 0 N–H and O–H groups in total. The lowest BCUT2D eigenvalue weighted by Gasteiger charge is -2.18. The highest BCUT2D eigenvalue weighted by Crippen LogP contribution is 2.12. The van der Waals surface area contributed by atoms with Gasteiger partial charge in [0, 0.05) is 26.3 Å². The zero-order chi connectivity index (χ0) is 13.8. The smallest absolute Gasteiger partial charge is 0.180 e. The number of rotatable bonds is 6. The van der Waals surface area contributed by atoms with Crippen LogP contribution in [0.5, 0.6) is 0 Å². The first kappa shape index (κ1) is 14.6. The van der Waals surface area contributed by atoms with Crippen molar-refractivity contribution in [1.29, 1.82) is 0 Å². The molecule has 0 spiro atoms. The molecule has 5 nitrogen and oxygen atoms in total. The van der Waals surface area contributed by atoms with Gasteiger partial charge < -0.3 is 4.90 Å². The molecular formula is C12H18N2O3S. The SMILES string of the molecule is CCC(=O)c1ccc(N(C)CCS(C)(=O)=O)cn1. The highest BCUT2D eigenvalue weighted by molar-refractivity contribution is 7.90. The van der Waals surface area contributed by atoms with Gasteiger partial charge in [-0.1, -0.05) is 6.92 Å². The monoisotopic (exact) mass is 270 g/mol. The van der Waals surface area contributed by atoms with Crippen molar-refractivity contribution in [3.8, 4) is 0 Å². The second-order valence-corrected chi connectivity index (χ2v) is 6.49. The number of carbonyl (C=O) groups excluding carboxylic acids is 1. The fraction of sp³-hybridized carbons (Fsp3) is 0.500. The molecule has 0 atom stereocenters. The maximum atomic E-state index is 11.4. The van der Waals surface area contributed by atoms with Crippen molar-refractivity contribution in [1.82, 2.24) is 4.98 Å². The minimum Gasteiger partial charge on any atom is -0.372 e. The van der Waals surface area contributed by atoms with Gasteiger partial charge in [-0.05, 0) is 12.1 Å². The summed E-state index contributed by atoms with van der Waals surface area (Å²) in [4.78, 5) is 17.3. The Bertz CT molecular complexity index is 509. The van der Waals surface area contributed by atoms with Gasteiger partial charge in [0.2, 0.25) is 0 Å². The number of pyridine rings is 1. The van der Waals surface area contributed by atoms with Crippen LogP contribution in [-0.4, -0.2) is 44.8 Å². The summed E-state index contributed by atoms with van der Waals surface area (Å²) in [5.74, 6) is 0.0967. The second-order valence-electron chi connectivity index (χ2n) is 4.23. The van der Waals surface area contributed by atoms with Crippen LogP contribution in [0.2, 0.25) is 0 Å². The number of Topliss-reactive ketones (excluding diaryl/α,β-unsaturated/α-hetero) is 1. The molecule has 0 saturated heterocycles. The van der Waals surface area contributed by atoms with E-state index in [2.05, 4.69) is 4.98 Å². The van der Waals surface area contributed by atoms with Gasteiger partial charge >= 0.3 is 0 Å². The highest BCUT2D eigenvalue weighted by atomic mass is 32.2. The van der Waals surface area contributed by atoms with E-state index < -0.39 is 9.84 Å². The van der Waals surface area contributed by atoms with Crippen molar-refractivity contribution in [2.45, 2.75) is 13.3 Å². The number of ketones is 1. The molecule has 0 saturated carbocycles. The standard InChI is InChI=1S/C12H18N2O3S/c1-4-12(15)11-6-5-10(9-13-11)14(2)7-8-18(3,16)17/h5-6,9H,4,7-8H2,1-3H3. The van der Waals surface area contributed by atoms with Crippen molar-refractivity contribution in [3.63, 3.8) is 0 Å². The molecule has 0 aromatic carbocycles. The molecule has 0 bridgehead atoms. The normalized spacial score (nSPS) is 11.3. The van der Waals surface area contributed by atoms with Gasteiger partial charge in [-0.15, -0.1) is 0 Å². The van der Waals surface area contributed by atoms with Crippen LogP contribution in [-0.2, 0) is 9.84 Å². The first-order chi connectivity index (χ1) is 8.33. The number of aromatic nitrogens is 1. The largest absolute Gasteiger partial charge is 0.372 e. The molecule has 1 heterocycles. The van der Waals surface area contributed by atoms with Crippen molar-refractivity contribution < 1.29 is 13.2 Å². The number of hydrogen-bond donors (Lipinski definition) is 0. The van der Waals surface area contributed by atoms with Crippen LogP contribution in [0.25, 0.3) is 0 Å². The lowest BCUT2D eigenvalue weighted by molar-refractivity contribution is 0.0983. The third-order valence-corrected chi connectivity index (χ3v) is 3.52. The van der Waals surface area contributed by atoms with Crippen LogP contribution in [0.3, 0.4) is 0 Å². The molecule has 0 radical (unpaired) electrons. The zero-order valence-electron chi connectivity index (χ0n) is 10.9. The van der Waals surface area contributed by atoms with E-state index in [9.17, 15) is 13.2 Å². The second kappa shape index (κ2) is 5.95. The molecule has 0 fully saturated rings. The van der Waals surface area contributed by atoms with Crippen LogP contribution >= 0.6 is 0 Å². The van der Waals surface area contributed by atoms with Crippen LogP contribution in [0.15, 0.2) is 18.3 Å². The molecule has 0 aliphatic heterocycles. The number of hydrogen-bond acceptors (Lipinski definition) is 5. The lowest BCUT2D eigenvalue weighted by Crippen LogP contribution is -2.25. The first-order valence-corrected chi connectivity index (χ1v) is 7.77. The van der Waals surface area contributed by atoms with E-state index in [1.54, 1.807) is 37.2 Å². The average Bonchev–Trinajstić information content (AvgIpc) is 2.34. The predicted molar refractivity (Wildman–Crippen MR) is 71.8 cm³/mol. The minimum atomic E-state index is -2.97. The molecule has 0 unspecified atom stereocenters. The Morgan fingerprint density at radius 2 is 2.06 bits per heavy atom. The van der Waals surface area contributed by atoms with E-state index in [1.165, 1.54) is 6.26 Å². The Balaban J connectivity index is 2.70. The van der Waals surface area contributed by atoms with Crippen LogP contribution in [0.1, 0.15) is 23.8 Å². The molecule has 0 amide bonds. The molecule has 1 aromatic heterocycles.